The van der Waals surface area contributed by atoms with Crippen molar-refractivity contribution in [1.82, 2.24) is 24.7 Å². The Kier molecular flexibility index (Phi) is 6.20. The first kappa shape index (κ1) is 23.9. The van der Waals surface area contributed by atoms with Crippen LogP contribution in [0.15, 0.2) is 49.1 Å². The number of benzene rings is 1. The molecular formula is C23H25N7O5S. The second kappa shape index (κ2) is 9.33. The molecule has 2 unspecified atom stereocenters. The standard InChI is InChI=1S/C23H25N7O5S/c1-36(34,35)29(12-17(32)13-31)16-4-2-15(3-5-16)27-23-25-8-14-9-26-30(22(14)28-23)20-7-6-18-19(20)10-24-11-21(18)33/h2-5,8-11,17,20,31-33H,6-7,12-13H2,1H3,(H,25,27,28). The zero-order valence-corrected chi connectivity index (χ0v) is 20.2. The minimum atomic E-state index is -3.66. The lowest BCUT2D eigenvalue weighted by Crippen LogP contribution is -2.38. The molecule has 12 nitrogen and oxygen atoms in total. The van der Waals surface area contributed by atoms with Crippen molar-refractivity contribution >= 4 is 38.4 Å². The summed E-state index contributed by atoms with van der Waals surface area (Å²) in [4.78, 5) is 13.1. The second-order valence-electron chi connectivity index (χ2n) is 8.64. The number of fused-ring (bicyclic) bond motifs is 2. The number of aromatic hydroxyl groups is 1. The molecule has 0 saturated carbocycles. The highest BCUT2D eigenvalue weighted by atomic mass is 32.2. The molecule has 0 saturated heterocycles. The van der Waals surface area contributed by atoms with E-state index < -0.39 is 22.7 Å². The highest BCUT2D eigenvalue weighted by Gasteiger charge is 2.29. The van der Waals surface area contributed by atoms with Crippen molar-refractivity contribution in [2.75, 3.05) is 29.0 Å². The van der Waals surface area contributed by atoms with Gasteiger partial charge in [-0.1, -0.05) is 0 Å². The zero-order valence-electron chi connectivity index (χ0n) is 19.4. The third kappa shape index (κ3) is 4.55. The molecule has 0 fully saturated rings. The molecule has 13 heteroatoms. The Morgan fingerprint density at radius 1 is 1.19 bits per heavy atom. The smallest absolute Gasteiger partial charge is 0.232 e. The summed E-state index contributed by atoms with van der Waals surface area (Å²) in [5.41, 5.74) is 3.40. The van der Waals surface area contributed by atoms with Crippen molar-refractivity contribution in [3.05, 3.63) is 60.2 Å². The van der Waals surface area contributed by atoms with Crippen molar-refractivity contribution in [2.45, 2.75) is 25.0 Å². The van der Waals surface area contributed by atoms with Crippen LogP contribution in [0.2, 0.25) is 0 Å². The van der Waals surface area contributed by atoms with Crippen molar-refractivity contribution in [3.8, 4) is 5.75 Å². The number of rotatable bonds is 8. The summed E-state index contributed by atoms with van der Waals surface area (Å²) in [6.07, 6.45) is 7.89. The normalized spacial score (nSPS) is 16.1. The van der Waals surface area contributed by atoms with Crippen LogP contribution in [0.3, 0.4) is 0 Å². The number of aromatic nitrogens is 5. The molecule has 0 aliphatic heterocycles. The van der Waals surface area contributed by atoms with Crippen LogP contribution < -0.4 is 9.62 Å². The molecule has 3 heterocycles. The maximum atomic E-state index is 12.2. The average Bonchev–Trinajstić information content (AvgIpc) is 3.47. The van der Waals surface area contributed by atoms with Crippen LogP contribution in [0.5, 0.6) is 5.75 Å². The van der Waals surface area contributed by atoms with Gasteiger partial charge in [0.05, 0.1) is 55.0 Å². The van der Waals surface area contributed by atoms with E-state index in [0.717, 1.165) is 39.9 Å². The van der Waals surface area contributed by atoms with Gasteiger partial charge in [-0.3, -0.25) is 9.29 Å². The van der Waals surface area contributed by atoms with Gasteiger partial charge in [0.25, 0.3) is 0 Å². The second-order valence-corrected chi connectivity index (χ2v) is 10.6. The van der Waals surface area contributed by atoms with Gasteiger partial charge in [-0.15, -0.1) is 0 Å². The highest BCUT2D eigenvalue weighted by Crippen LogP contribution is 2.38. The molecule has 2 atom stereocenters. The fourth-order valence-corrected chi connectivity index (χ4v) is 5.34. The molecule has 0 spiro atoms. The lowest BCUT2D eigenvalue weighted by Gasteiger charge is -2.24. The number of pyridine rings is 1. The van der Waals surface area contributed by atoms with Crippen LogP contribution in [0, 0.1) is 0 Å². The molecule has 0 amide bonds. The first-order chi connectivity index (χ1) is 17.2. The maximum absolute atomic E-state index is 12.2. The van der Waals surface area contributed by atoms with Gasteiger partial charge < -0.3 is 20.6 Å². The molecule has 188 valence electrons. The Labute approximate surface area is 206 Å². The number of hydrogen-bond acceptors (Lipinski definition) is 10. The summed E-state index contributed by atoms with van der Waals surface area (Å²) >= 11 is 0. The van der Waals surface area contributed by atoms with Gasteiger partial charge in [0.1, 0.15) is 5.75 Å². The molecule has 0 bridgehead atoms. The van der Waals surface area contributed by atoms with Crippen LogP contribution in [0.4, 0.5) is 17.3 Å². The van der Waals surface area contributed by atoms with Gasteiger partial charge in [-0.05, 0) is 37.1 Å². The Morgan fingerprint density at radius 3 is 2.69 bits per heavy atom. The van der Waals surface area contributed by atoms with Crippen molar-refractivity contribution in [2.24, 2.45) is 0 Å². The number of nitrogens with one attached hydrogen (secondary N) is 1. The third-order valence-electron chi connectivity index (χ3n) is 6.12. The van der Waals surface area contributed by atoms with E-state index in [0.29, 0.717) is 23.0 Å². The summed E-state index contributed by atoms with van der Waals surface area (Å²) in [7, 11) is -3.66. The lowest BCUT2D eigenvalue weighted by atomic mass is 10.1. The predicted octanol–water partition coefficient (Wildman–Crippen LogP) is 1.33. The van der Waals surface area contributed by atoms with Crippen LogP contribution in [0.1, 0.15) is 23.6 Å². The van der Waals surface area contributed by atoms with Gasteiger partial charge in [-0.25, -0.2) is 18.1 Å². The molecule has 4 aromatic rings. The van der Waals surface area contributed by atoms with Crippen LogP contribution in [-0.2, 0) is 16.4 Å². The van der Waals surface area contributed by atoms with Crippen LogP contribution >= 0.6 is 0 Å². The van der Waals surface area contributed by atoms with Gasteiger partial charge in [0.2, 0.25) is 16.0 Å². The fraction of sp³-hybridized carbons (Fsp3) is 0.304. The molecule has 1 aliphatic carbocycles. The van der Waals surface area contributed by atoms with Crippen molar-refractivity contribution < 1.29 is 23.7 Å². The lowest BCUT2D eigenvalue weighted by molar-refractivity contribution is 0.102. The summed E-state index contributed by atoms with van der Waals surface area (Å²) in [6.45, 7) is -0.810. The summed E-state index contributed by atoms with van der Waals surface area (Å²) < 4.78 is 27.2. The van der Waals surface area contributed by atoms with Gasteiger partial charge in [0.15, 0.2) is 5.65 Å². The average molecular weight is 512 g/mol. The quantitative estimate of drug-likeness (QED) is 0.271. The zero-order chi connectivity index (χ0) is 25.4. The SMILES string of the molecule is CS(=O)(=O)N(CC(O)CO)c1ccc(Nc2ncc3cnn(C4CCc5c(O)cncc54)c3n2)cc1. The number of hydrogen-bond donors (Lipinski definition) is 4. The predicted molar refractivity (Wildman–Crippen MR) is 133 cm³/mol. The van der Waals surface area contributed by atoms with Crippen LogP contribution in [0.25, 0.3) is 11.0 Å². The molecule has 36 heavy (non-hydrogen) atoms. The molecule has 0 radical (unpaired) electrons. The fourth-order valence-electron chi connectivity index (χ4n) is 4.39. The summed E-state index contributed by atoms with van der Waals surface area (Å²) in [5.74, 6) is 0.520. The molecule has 3 aromatic heterocycles. The first-order valence-electron chi connectivity index (χ1n) is 11.2. The van der Waals surface area contributed by atoms with E-state index >= 15 is 0 Å². The summed E-state index contributed by atoms with van der Waals surface area (Å²) in [6, 6.07) is 6.42. The first-order valence-corrected chi connectivity index (χ1v) is 13.1. The Bertz CT molecular complexity index is 1510. The van der Waals surface area contributed by atoms with Gasteiger partial charge in [0, 0.05) is 29.2 Å². The number of aliphatic hydroxyl groups is 2. The monoisotopic (exact) mass is 511 g/mol. The van der Waals surface area contributed by atoms with E-state index in [1.807, 2.05) is 4.68 Å². The van der Waals surface area contributed by atoms with E-state index in [1.54, 1.807) is 42.9 Å². The Morgan fingerprint density at radius 2 is 1.97 bits per heavy atom. The van der Waals surface area contributed by atoms with E-state index in [4.69, 9.17) is 5.11 Å². The summed E-state index contributed by atoms with van der Waals surface area (Å²) in [5, 5.41) is 37.4. The van der Waals surface area contributed by atoms with E-state index in [2.05, 4.69) is 25.4 Å². The maximum Gasteiger partial charge on any atom is 0.232 e. The Balaban J connectivity index is 1.40. The minimum Gasteiger partial charge on any atom is -0.506 e. The number of sulfonamides is 1. The van der Waals surface area contributed by atoms with E-state index in [9.17, 15) is 18.6 Å². The third-order valence-corrected chi connectivity index (χ3v) is 7.28. The Hall–Kier alpha value is -3.81. The van der Waals surface area contributed by atoms with Crippen molar-refractivity contribution in [3.63, 3.8) is 0 Å². The molecule has 5 rings (SSSR count). The number of anilines is 3. The highest BCUT2D eigenvalue weighted by molar-refractivity contribution is 7.92. The van der Waals surface area contributed by atoms with E-state index in [-0.39, 0.29) is 18.3 Å². The number of aliphatic hydroxyl groups excluding tert-OH is 2. The van der Waals surface area contributed by atoms with Crippen LogP contribution in [-0.4, -0.2) is 74.0 Å². The largest absolute Gasteiger partial charge is 0.506 e. The molecular weight excluding hydrogens is 486 g/mol. The van der Waals surface area contributed by atoms with E-state index in [1.165, 1.54) is 6.20 Å². The minimum absolute atomic E-state index is 0.101. The topological polar surface area (TPSA) is 167 Å². The molecule has 1 aromatic carbocycles. The molecule has 1 aliphatic rings. The number of nitrogens with zero attached hydrogens (tertiary/aromatic N) is 6. The van der Waals surface area contributed by atoms with Gasteiger partial charge in [-0.2, -0.15) is 10.1 Å². The van der Waals surface area contributed by atoms with Gasteiger partial charge >= 0.3 is 0 Å². The molecule has 4 N–H and O–H groups in total. The van der Waals surface area contributed by atoms with Crippen molar-refractivity contribution in [1.29, 1.82) is 0 Å².